The SMILES string of the molecule is CC(=O)CCN1CCC(C(C)C)CC1=O. The zero-order chi connectivity index (χ0) is 11.4. The summed E-state index contributed by atoms with van der Waals surface area (Å²) in [4.78, 5) is 24.4. The van der Waals surface area contributed by atoms with Gasteiger partial charge in [-0.3, -0.25) is 9.59 Å². The first kappa shape index (κ1) is 12.2. The fourth-order valence-electron chi connectivity index (χ4n) is 2.00. The van der Waals surface area contributed by atoms with Gasteiger partial charge in [0.1, 0.15) is 5.78 Å². The molecule has 0 N–H and O–H groups in total. The highest BCUT2D eigenvalue weighted by molar-refractivity contribution is 5.79. The number of carbonyl (C=O) groups excluding carboxylic acids is 2. The van der Waals surface area contributed by atoms with Gasteiger partial charge in [0, 0.05) is 25.9 Å². The molecular weight excluding hydrogens is 190 g/mol. The van der Waals surface area contributed by atoms with Crippen LogP contribution in [0.1, 0.15) is 40.0 Å². The summed E-state index contributed by atoms with van der Waals surface area (Å²) in [7, 11) is 0. The van der Waals surface area contributed by atoms with Gasteiger partial charge in [-0.05, 0) is 25.2 Å². The third kappa shape index (κ3) is 3.65. The number of carbonyl (C=O) groups is 2. The predicted molar refractivity (Wildman–Crippen MR) is 59.4 cm³/mol. The standard InChI is InChI=1S/C12H21NO2/c1-9(2)11-5-7-13(12(15)8-11)6-4-10(3)14/h9,11H,4-8H2,1-3H3. The number of hydrogen-bond donors (Lipinski definition) is 0. The lowest BCUT2D eigenvalue weighted by Gasteiger charge is -2.33. The van der Waals surface area contributed by atoms with Crippen molar-refractivity contribution < 1.29 is 9.59 Å². The second-order valence-electron chi connectivity index (χ2n) is 4.83. The molecule has 1 fully saturated rings. The Balaban J connectivity index is 2.39. The molecule has 1 saturated heterocycles. The number of hydrogen-bond acceptors (Lipinski definition) is 2. The molecule has 0 aromatic rings. The van der Waals surface area contributed by atoms with Gasteiger partial charge in [0.05, 0.1) is 0 Å². The van der Waals surface area contributed by atoms with Gasteiger partial charge in [-0.15, -0.1) is 0 Å². The first-order valence-electron chi connectivity index (χ1n) is 5.78. The van der Waals surface area contributed by atoms with Crippen LogP contribution in [0, 0.1) is 11.8 Å². The minimum atomic E-state index is 0.161. The second-order valence-corrected chi connectivity index (χ2v) is 4.83. The number of amides is 1. The van der Waals surface area contributed by atoms with Crippen molar-refractivity contribution in [1.82, 2.24) is 4.90 Å². The largest absolute Gasteiger partial charge is 0.342 e. The van der Waals surface area contributed by atoms with Crippen LogP contribution >= 0.6 is 0 Å². The molecule has 1 unspecified atom stereocenters. The van der Waals surface area contributed by atoms with Crippen LogP contribution in [0.2, 0.25) is 0 Å². The molecule has 1 aliphatic heterocycles. The molecule has 3 heteroatoms. The summed E-state index contributed by atoms with van der Waals surface area (Å²) in [6.45, 7) is 7.35. The van der Waals surface area contributed by atoms with Crippen molar-refractivity contribution in [2.24, 2.45) is 11.8 Å². The van der Waals surface area contributed by atoms with E-state index in [1.807, 2.05) is 4.90 Å². The molecule has 86 valence electrons. The summed E-state index contributed by atoms with van der Waals surface area (Å²) >= 11 is 0. The Hall–Kier alpha value is -0.860. The lowest BCUT2D eigenvalue weighted by Crippen LogP contribution is -2.40. The summed E-state index contributed by atoms with van der Waals surface area (Å²) in [6, 6.07) is 0. The van der Waals surface area contributed by atoms with Gasteiger partial charge in [-0.25, -0.2) is 0 Å². The van der Waals surface area contributed by atoms with Crippen molar-refractivity contribution in [2.45, 2.75) is 40.0 Å². The minimum Gasteiger partial charge on any atom is -0.342 e. The second kappa shape index (κ2) is 5.29. The zero-order valence-corrected chi connectivity index (χ0v) is 9.95. The quantitative estimate of drug-likeness (QED) is 0.711. The van der Waals surface area contributed by atoms with E-state index < -0.39 is 0 Å². The zero-order valence-electron chi connectivity index (χ0n) is 9.95. The average Bonchev–Trinajstić information content (AvgIpc) is 2.15. The van der Waals surface area contributed by atoms with E-state index in [0.29, 0.717) is 31.2 Å². The summed E-state index contributed by atoms with van der Waals surface area (Å²) in [5.74, 6) is 1.50. The normalized spacial score (nSPS) is 22.3. The van der Waals surface area contributed by atoms with Crippen LogP contribution in [0.25, 0.3) is 0 Å². The van der Waals surface area contributed by atoms with Gasteiger partial charge in [0.15, 0.2) is 0 Å². The first-order valence-corrected chi connectivity index (χ1v) is 5.78. The van der Waals surface area contributed by atoms with E-state index in [-0.39, 0.29) is 11.7 Å². The third-order valence-electron chi connectivity index (χ3n) is 3.24. The molecule has 15 heavy (non-hydrogen) atoms. The van der Waals surface area contributed by atoms with Crippen LogP contribution < -0.4 is 0 Å². The fourth-order valence-corrected chi connectivity index (χ4v) is 2.00. The van der Waals surface area contributed by atoms with Gasteiger partial charge in [-0.1, -0.05) is 13.8 Å². The van der Waals surface area contributed by atoms with E-state index in [9.17, 15) is 9.59 Å². The third-order valence-corrected chi connectivity index (χ3v) is 3.24. The average molecular weight is 211 g/mol. The highest BCUT2D eigenvalue weighted by Crippen LogP contribution is 2.25. The number of likely N-dealkylation sites (tertiary alicyclic amines) is 1. The Kier molecular flexibility index (Phi) is 4.30. The van der Waals surface area contributed by atoms with Crippen LogP contribution in [-0.4, -0.2) is 29.7 Å². The first-order chi connectivity index (χ1) is 7.00. The van der Waals surface area contributed by atoms with E-state index in [1.165, 1.54) is 0 Å². The van der Waals surface area contributed by atoms with Crippen molar-refractivity contribution in [3.63, 3.8) is 0 Å². The predicted octanol–water partition coefficient (Wildman–Crippen LogP) is 1.86. The molecule has 0 aromatic heterocycles. The van der Waals surface area contributed by atoms with Crippen molar-refractivity contribution in [3.05, 3.63) is 0 Å². The van der Waals surface area contributed by atoms with Crippen LogP contribution in [0.15, 0.2) is 0 Å². The molecule has 1 rings (SSSR count). The summed E-state index contributed by atoms with van der Waals surface area (Å²) in [5.41, 5.74) is 0. The van der Waals surface area contributed by atoms with E-state index in [4.69, 9.17) is 0 Å². The van der Waals surface area contributed by atoms with Gasteiger partial charge < -0.3 is 4.90 Å². The number of ketones is 1. The molecule has 0 aromatic carbocycles. The number of nitrogens with zero attached hydrogens (tertiary/aromatic N) is 1. The molecule has 0 bridgehead atoms. The van der Waals surface area contributed by atoms with Crippen LogP contribution in [0.4, 0.5) is 0 Å². The maximum absolute atomic E-state index is 11.7. The van der Waals surface area contributed by atoms with E-state index in [1.54, 1.807) is 6.92 Å². The Morgan fingerprint density at radius 2 is 2.20 bits per heavy atom. The van der Waals surface area contributed by atoms with Crippen LogP contribution in [-0.2, 0) is 9.59 Å². The Bertz CT molecular complexity index is 248. The lowest BCUT2D eigenvalue weighted by molar-refractivity contribution is -0.136. The monoisotopic (exact) mass is 211 g/mol. The molecule has 1 heterocycles. The topological polar surface area (TPSA) is 37.4 Å². The molecule has 1 atom stereocenters. The highest BCUT2D eigenvalue weighted by Gasteiger charge is 2.27. The maximum atomic E-state index is 11.7. The van der Waals surface area contributed by atoms with Gasteiger partial charge in [0.2, 0.25) is 5.91 Å². The Morgan fingerprint density at radius 3 is 2.67 bits per heavy atom. The van der Waals surface area contributed by atoms with Crippen molar-refractivity contribution in [1.29, 1.82) is 0 Å². The van der Waals surface area contributed by atoms with Crippen molar-refractivity contribution in [2.75, 3.05) is 13.1 Å². The van der Waals surface area contributed by atoms with Crippen LogP contribution in [0.3, 0.4) is 0 Å². The summed E-state index contributed by atoms with van der Waals surface area (Å²) in [6.07, 6.45) is 2.25. The molecule has 0 spiro atoms. The highest BCUT2D eigenvalue weighted by atomic mass is 16.2. The van der Waals surface area contributed by atoms with Crippen LogP contribution in [0.5, 0.6) is 0 Å². The minimum absolute atomic E-state index is 0.161. The molecule has 3 nitrogen and oxygen atoms in total. The number of rotatable bonds is 4. The Labute approximate surface area is 91.8 Å². The molecule has 0 aliphatic carbocycles. The molecular formula is C12H21NO2. The van der Waals surface area contributed by atoms with Gasteiger partial charge in [0.25, 0.3) is 0 Å². The smallest absolute Gasteiger partial charge is 0.222 e. The number of piperidine rings is 1. The summed E-state index contributed by atoms with van der Waals surface area (Å²) in [5, 5.41) is 0. The number of Topliss-reactive ketones (excluding diaryl/α,β-unsaturated/α-hetero) is 1. The molecule has 0 radical (unpaired) electrons. The fraction of sp³-hybridized carbons (Fsp3) is 0.833. The van der Waals surface area contributed by atoms with Crippen molar-refractivity contribution in [3.8, 4) is 0 Å². The van der Waals surface area contributed by atoms with E-state index in [2.05, 4.69) is 13.8 Å². The van der Waals surface area contributed by atoms with E-state index in [0.717, 1.165) is 13.0 Å². The summed E-state index contributed by atoms with van der Waals surface area (Å²) < 4.78 is 0. The molecule has 1 aliphatic rings. The molecule has 0 saturated carbocycles. The van der Waals surface area contributed by atoms with Crippen molar-refractivity contribution >= 4 is 11.7 Å². The maximum Gasteiger partial charge on any atom is 0.222 e. The van der Waals surface area contributed by atoms with Gasteiger partial charge >= 0.3 is 0 Å². The molecule has 1 amide bonds. The van der Waals surface area contributed by atoms with Gasteiger partial charge in [-0.2, -0.15) is 0 Å². The van der Waals surface area contributed by atoms with E-state index >= 15 is 0 Å². The lowest BCUT2D eigenvalue weighted by atomic mass is 9.86. The Morgan fingerprint density at radius 1 is 1.53 bits per heavy atom.